The summed E-state index contributed by atoms with van der Waals surface area (Å²) in [4.78, 5) is 0. The van der Waals surface area contributed by atoms with E-state index < -0.39 is 0 Å². The zero-order valence-corrected chi connectivity index (χ0v) is 40.1. The molecule has 6 aromatic rings. The Hall–Kier alpha value is -3.71. The van der Waals surface area contributed by atoms with Gasteiger partial charge in [-0.15, -0.1) is 83.8 Å². The molecule has 0 atom stereocenters. The number of aryl methyl sites for hydroxylation is 2. The van der Waals surface area contributed by atoms with Crippen LogP contribution in [0.25, 0.3) is 33.4 Å². The molecule has 0 radical (unpaired) electrons. The van der Waals surface area contributed by atoms with Gasteiger partial charge in [-0.05, 0) is 58.9 Å². The van der Waals surface area contributed by atoms with Crippen LogP contribution in [-0.2, 0) is 41.5 Å². The first kappa shape index (κ1) is 50.4. The van der Waals surface area contributed by atoms with Gasteiger partial charge in [0, 0.05) is 0 Å². The third-order valence-electron chi connectivity index (χ3n) is 9.63. The minimum absolute atomic E-state index is 0. The second-order valence-electron chi connectivity index (χ2n) is 16.0. The van der Waals surface area contributed by atoms with Crippen LogP contribution in [0.5, 0.6) is 0 Å². The summed E-state index contributed by atoms with van der Waals surface area (Å²) in [6, 6.07) is 48.7. The van der Waals surface area contributed by atoms with Crippen molar-refractivity contribution in [3.63, 3.8) is 0 Å². The number of fused-ring (bicyclic) bond motifs is 3. The van der Waals surface area contributed by atoms with Gasteiger partial charge in [0.1, 0.15) is 0 Å². The Balaban J connectivity index is 0.000000410. The first-order valence-electron chi connectivity index (χ1n) is 19.2. The van der Waals surface area contributed by atoms with Crippen molar-refractivity contribution >= 4 is 40.6 Å². The summed E-state index contributed by atoms with van der Waals surface area (Å²) in [5.74, 6) is 0. The molecular formula is C54H57Cl3Zr-4. The van der Waals surface area contributed by atoms with Crippen LogP contribution in [0.1, 0.15) is 86.9 Å². The van der Waals surface area contributed by atoms with Crippen molar-refractivity contribution in [3.05, 3.63) is 209 Å². The molecule has 0 saturated carbocycles. The van der Waals surface area contributed by atoms with Crippen LogP contribution in [0.15, 0.2) is 140 Å². The summed E-state index contributed by atoms with van der Waals surface area (Å²) >= 11 is 6.82. The summed E-state index contributed by atoms with van der Waals surface area (Å²) in [5.41, 5.74) is 17.4. The van der Waals surface area contributed by atoms with Gasteiger partial charge in [0.05, 0.1) is 0 Å². The van der Waals surface area contributed by atoms with Gasteiger partial charge < -0.3 is 0 Å². The molecule has 2 aliphatic rings. The van der Waals surface area contributed by atoms with E-state index in [1.807, 2.05) is 42.5 Å². The average Bonchev–Trinajstić information content (AvgIpc) is 3.88. The van der Waals surface area contributed by atoms with E-state index in [4.69, 9.17) is 11.6 Å². The molecule has 0 amide bonds. The van der Waals surface area contributed by atoms with Gasteiger partial charge in [-0.1, -0.05) is 136 Å². The van der Waals surface area contributed by atoms with Gasteiger partial charge >= 0.3 is 28.4 Å². The van der Waals surface area contributed by atoms with Gasteiger partial charge in [0.2, 0.25) is 0 Å². The van der Waals surface area contributed by atoms with Crippen molar-refractivity contribution in [2.75, 3.05) is 0 Å². The Morgan fingerprint density at radius 1 is 0.638 bits per heavy atom. The van der Waals surface area contributed by atoms with Gasteiger partial charge in [-0.2, -0.15) is 61.0 Å². The average molecular weight is 904 g/mol. The molecule has 0 unspecified atom stereocenters. The molecule has 4 heteroatoms. The van der Waals surface area contributed by atoms with Crippen LogP contribution in [-0.4, -0.2) is 4.21 Å². The summed E-state index contributed by atoms with van der Waals surface area (Å²) in [6.45, 7) is 22.1. The van der Waals surface area contributed by atoms with Crippen LogP contribution in [0.4, 0.5) is 0 Å². The number of halogens is 3. The maximum atomic E-state index is 5.52. The summed E-state index contributed by atoms with van der Waals surface area (Å²) in [5, 5.41) is 0.763. The first-order valence-corrected chi connectivity index (χ1v) is 21.3. The summed E-state index contributed by atoms with van der Waals surface area (Å²) in [6.07, 6.45) is 10.9. The van der Waals surface area contributed by atoms with Crippen molar-refractivity contribution in [1.29, 1.82) is 0 Å². The fourth-order valence-electron chi connectivity index (χ4n) is 6.76. The predicted octanol–water partition coefficient (Wildman–Crippen LogP) is 15.7. The quantitative estimate of drug-likeness (QED) is 0.152. The SMILES string of the molecule is Cc1ccccc1-c1[c-]c2c(cc1C(C)(C)C)-c1cc(C(C)(C)C)c(-c3ccccc3C)cc1C2.Cl.Cl.Clc1cc[c-]cc1.[C-]1=CC=CC1.[CH2-]c1ccccc1.[CH2]=[Zr]. The normalized spacial score (nSPS) is 11.5. The van der Waals surface area contributed by atoms with Crippen molar-refractivity contribution in [2.24, 2.45) is 0 Å². The van der Waals surface area contributed by atoms with Crippen LogP contribution >= 0.6 is 36.4 Å². The molecule has 0 fully saturated rings. The molecule has 0 heterocycles. The van der Waals surface area contributed by atoms with E-state index in [-0.39, 0.29) is 35.6 Å². The molecule has 0 aliphatic heterocycles. The summed E-state index contributed by atoms with van der Waals surface area (Å²) in [7, 11) is 0. The zero-order chi connectivity index (χ0) is 40.9. The molecule has 0 bridgehead atoms. The second kappa shape index (κ2) is 23.8. The first-order chi connectivity index (χ1) is 26.7. The fourth-order valence-corrected chi connectivity index (χ4v) is 6.89. The van der Waals surface area contributed by atoms with Crippen LogP contribution in [0, 0.1) is 39.0 Å². The number of hydrogen-bond acceptors (Lipinski definition) is 0. The number of allylic oxidation sites excluding steroid dienone is 4. The molecule has 0 spiro atoms. The molecule has 0 N–H and O–H groups in total. The van der Waals surface area contributed by atoms with Gasteiger partial charge in [0.15, 0.2) is 0 Å². The Bertz CT molecular complexity index is 2080. The van der Waals surface area contributed by atoms with Crippen LogP contribution in [0.3, 0.4) is 0 Å². The Labute approximate surface area is 383 Å². The zero-order valence-electron chi connectivity index (χ0n) is 35.3. The maximum absolute atomic E-state index is 5.52. The Kier molecular flexibility index (Phi) is 20.7. The number of rotatable bonds is 2. The van der Waals surface area contributed by atoms with Crippen molar-refractivity contribution < 1.29 is 24.2 Å². The molecule has 0 aromatic heterocycles. The number of benzene rings is 6. The standard InChI is InChI=1S/C35H37.C7H7.C6H4Cl.C5H5.CH2.2ClH.Zr/c1-22-13-9-11-15-26(22)30-18-24-17-25-19-31(27-16-12-10-14-23(27)2)33(35(6,7)8)21-29(25)28(24)20-32(30)34(3,4)5;1-7-5-3-2-4-6-7;7-6-4-2-1-3-5-6;1-2-4-5-3-1;;;;/h9-16,18,20-21H,17H2,1-8H3;2-6H,1H2;2-5H;1-3H,4H2;1H2;2*1H;/q4*-1;;;;. The third kappa shape index (κ3) is 14.0. The molecule has 8 rings (SSSR count). The van der Waals surface area contributed by atoms with E-state index in [1.54, 1.807) is 24.3 Å². The Morgan fingerprint density at radius 2 is 1.17 bits per heavy atom. The second-order valence-corrected chi connectivity index (χ2v) is 16.5. The molecule has 6 aromatic carbocycles. The van der Waals surface area contributed by atoms with Crippen LogP contribution in [0.2, 0.25) is 5.02 Å². The van der Waals surface area contributed by atoms with Crippen LogP contribution < -0.4 is 0 Å². The van der Waals surface area contributed by atoms with E-state index in [0.29, 0.717) is 0 Å². The molecule has 302 valence electrons. The van der Waals surface area contributed by atoms with Gasteiger partial charge in [0.25, 0.3) is 0 Å². The molecule has 2 aliphatic carbocycles. The summed E-state index contributed by atoms with van der Waals surface area (Å²) < 4.78 is 3.34. The number of hydrogen-bond donors (Lipinski definition) is 0. The topological polar surface area (TPSA) is 0 Å². The molecule has 0 saturated heterocycles. The van der Waals surface area contributed by atoms with E-state index in [2.05, 4.69) is 158 Å². The fraction of sp³-hybridized carbons (Fsp3) is 0.222. The Morgan fingerprint density at radius 3 is 1.60 bits per heavy atom. The van der Waals surface area contributed by atoms with E-state index in [0.717, 1.165) is 23.4 Å². The van der Waals surface area contributed by atoms with E-state index in [9.17, 15) is 0 Å². The minimum atomic E-state index is 0. The van der Waals surface area contributed by atoms with Gasteiger partial charge in [-0.3, -0.25) is 6.08 Å². The van der Waals surface area contributed by atoms with Crippen molar-refractivity contribution in [2.45, 2.75) is 79.1 Å². The van der Waals surface area contributed by atoms with E-state index in [1.165, 1.54) is 91.0 Å². The molecular weight excluding hydrogens is 846 g/mol. The molecule has 0 nitrogen and oxygen atoms in total. The molecule has 58 heavy (non-hydrogen) atoms. The third-order valence-corrected chi connectivity index (χ3v) is 9.88. The van der Waals surface area contributed by atoms with Gasteiger partial charge in [-0.25, -0.2) is 12.2 Å². The van der Waals surface area contributed by atoms with Crippen molar-refractivity contribution in [1.82, 2.24) is 0 Å². The van der Waals surface area contributed by atoms with Crippen molar-refractivity contribution in [3.8, 4) is 33.4 Å². The monoisotopic (exact) mass is 900 g/mol. The van der Waals surface area contributed by atoms with E-state index >= 15 is 0 Å². The predicted molar refractivity (Wildman–Crippen MR) is 256 cm³/mol.